The van der Waals surface area contributed by atoms with Gasteiger partial charge in [0.2, 0.25) is 0 Å². The highest BCUT2D eigenvalue weighted by Crippen LogP contribution is 2.24. The SMILES string of the molecule is Cc1ncccc1C(O)c1cnnn1-c1ccccc1. The highest BCUT2D eigenvalue weighted by molar-refractivity contribution is 5.35. The van der Waals surface area contributed by atoms with Crippen LogP contribution >= 0.6 is 0 Å². The average Bonchev–Trinajstić information content (AvgIpc) is 2.97. The molecule has 5 heteroatoms. The Morgan fingerprint density at radius 2 is 1.90 bits per heavy atom. The van der Waals surface area contributed by atoms with E-state index in [0.717, 1.165) is 16.9 Å². The smallest absolute Gasteiger partial charge is 0.124 e. The Bertz CT molecular complexity index is 709. The molecule has 3 aromatic rings. The number of hydrogen-bond acceptors (Lipinski definition) is 4. The molecule has 2 aromatic heterocycles. The highest BCUT2D eigenvalue weighted by atomic mass is 16.3. The highest BCUT2D eigenvalue weighted by Gasteiger charge is 2.19. The monoisotopic (exact) mass is 266 g/mol. The molecule has 5 nitrogen and oxygen atoms in total. The molecule has 0 aliphatic heterocycles. The number of hydrogen-bond donors (Lipinski definition) is 1. The van der Waals surface area contributed by atoms with Gasteiger partial charge in [-0.25, -0.2) is 4.68 Å². The molecule has 20 heavy (non-hydrogen) atoms. The Labute approximate surface area is 116 Å². The van der Waals surface area contributed by atoms with E-state index < -0.39 is 6.10 Å². The predicted octanol–water partition coefficient (Wildman–Crippen LogP) is 2.05. The van der Waals surface area contributed by atoms with Crippen molar-refractivity contribution in [1.82, 2.24) is 20.0 Å². The summed E-state index contributed by atoms with van der Waals surface area (Å²) in [5.41, 5.74) is 3.03. The van der Waals surface area contributed by atoms with Crippen LogP contribution in [0.1, 0.15) is 23.1 Å². The van der Waals surface area contributed by atoms with Crippen molar-refractivity contribution >= 4 is 0 Å². The van der Waals surface area contributed by atoms with Crippen LogP contribution in [-0.4, -0.2) is 25.1 Å². The topological polar surface area (TPSA) is 63.8 Å². The maximum Gasteiger partial charge on any atom is 0.124 e. The number of nitrogens with zero attached hydrogens (tertiary/aromatic N) is 4. The molecule has 0 bridgehead atoms. The third-order valence-electron chi connectivity index (χ3n) is 3.20. The lowest BCUT2D eigenvalue weighted by molar-refractivity contribution is 0.210. The van der Waals surface area contributed by atoms with Gasteiger partial charge in [-0.05, 0) is 25.1 Å². The molecule has 3 rings (SSSR count). The number of rotatable bonds is 3. The summed E-state index contributed by atoms with van der Waals surface area (Å²) in [6.45, 7) is 1.87. The van der Waals surface area contributed by atoms with Crippen molar-refractivity contribution < 1.29 is 5.11 Å². The van der Waals surface area contributed by atoms with Crippen LogP contribution < -0.4 is 0 Å². The van der Waals surface area contributed by atoms with Crippen LogP contribution in [-0.2, 0) is 0 Å². The van der Waals surface area contributed by atoms with Crippen LogP contribution in [0.2, 0.25) is 0 Å². The van der Waals surface area contributed by atoms with Crippen molar-refractivity contribution in [2.75, 3.05) is 0 Å². The van der Waals surface area contributed by atoms with E-state index in [0.29, 0.717) is 5.69 Å². The summed E-state index contributed by atoms with van der Waals surface area (Å²) in [5, 5.41) is 18.5. The predicted molar refractivity (Wildman–Crippen MR) is 74.4 cm³/mol. The van der Waals surface area contributed by atoms with E-state index in [9.17, 15) is 5.11 Å². The van der Waals surface area contributed by atoms with Gasteiger partial charge in [0, 0.05) is 17.5 Å². The first kappa shape index (κ1) is 12.5. The minimum atomic E-state index is -0.807. The van der Waals surface area contributed by atoms with Crippen molar-refractivity contribution in [3.8, 4) is 5.69 Å². The minimum Gasteiger partial charge on any atom is -0.382 e. The van der Waals surface area contributed by atoms with Gasteiger partial charge >= 0.3 is 0 Å². The van der Waals surface area contributed by atoms with Gasteiger partial charge < -0.3 is 5.11 Å². The lowest BCUT2D eigenvalue weighted by Gasteiger charge is -2.14. The molecule has 1 unspecified atom stereocenters. The van der Waals surface area contributed by atoms with Gasteiger partial charge in [0.15, 0.2) is 0 Å². The fourth-order valence-electron chi connectivity index (χ4n) is 2.14. The average molecular weight is 266 g/mol. The summed E-state index contributed by atoms with van der Waals surface area (Å²) >= 11 is 0. The quantitative estimate of drug-likeness (QED) is 0.788. The van der Waals surface area contributed by atoms with Crippen LogP contribution in [0.3, 0.4) is 0 Å². The first-order valence-corrected chi connectivity index (χ1v) is 6.33. The number of benzene rings is 1. The molecule has 1 aromatic carbocycles. The standard InChI is InChI=1S/C15H14N4O/c1-11-13(8-5-9-16-11)15(20)14-10-17-18-19(14)12-6-3-2-4-7-12/h2-10,15,20H,1H3. The maximum absolute atomic E-state index is 10.6. The second kappa shape index (κ2) is 5.22. The second-order valence-electron chi connectivity index (χ2n) is 4.49. The fraction of sp³-hybridized carbons (Fsp3) is 0.133. The Morgan fingerprint density at radius 1 is 1.10 bits per heavy atom. The van der Waals surface area contributed by atoms with Gasteiger partial charge in [-0.2, -0.15) is 0 Å². The van der Waals surface area contributed by atoms with Gasteiger partial charge in [-0.3, -0.25) is 4.98 Å². The van der Waals surface area contributed by atoms with E-state index in [2.05, 4.69) is 15.3 Å². The number of aliphatic hydroxyl groups is 1. The van der Waals surface area contributed by atoms with Crippen LogP contribution in [0, 0.1) is 6.92 Å². The third kappa shape index (κ3) is 2.19. The van der Waals surface area contributed by atoms with Gasteiger partial charge in [0.1, 0.15) is 6.10 Å². The van der Waals surface area contributed by atoms with Gasteiger partial charge in [-0.1, -0.05) is 29.5 Å². The van der Waals surface area contributed by atoms with E-state index >= 15 is 0 Å². The van der Waals surface area contributed by atoms with Crippen molar-refractivity contribution in [2.45, 2.75) is 13.0 Å². The van der Waals surface area contributed by atoms with Gasteiger partial charge in [-0.15, -0.1) is 5.10 Å². The zero-order chi connectivity index (χ0) is 13.9. The molecule has 0 fully saturated rings. The molecule has 100 valence electrons. The molecule has 0 spiro atoms. The molecular formula is C15H14N4O. The minimum absolute atomic E-state index is 0.618. The normalized spacial score (nSPS) is 12.3. The Hall–Kier alpha value is -2.53. The number of aromatic nitrogens is 4. The van der Waals surface area contributed by atoms with Gasteiger partial charge in [0.05, 0.1) is 17.6 Å². The summed E-state index contributed by atoms with van der Waals surface area (Å²) in [6, 6.07) is 13.3. The Morgan fingerprint density at radius 3 is 2.65 bits per heavy atom. The summed E-state index contributed by atoms with van der Waals surface area (Å²) in [5.74, 6) is 0. The van der Waals surface area contributed by atoms with Crippen molar-refractivity contribution in [1.29, 1.82) is 0 Å². The van der Waals surface area contributed by atoms with Crippen molar-refractivity contribution in [2.24, 2.45) is 0 Å². The van der Waals surface area contributed by atoms with E-state index in [4.69, 9.17) is 0 Å². The Balaban J connectivity index is 2.04. The molecule has 0 saturated heterocycles. The summed E-state index contributed by atoms with van der Waals surface area (Å²) in [7, 11) is 0. The van der Waals surface area contributed by atoms with Crippen LogP contribution in [0.25, 0.3) is 5.69 Å². The molecule has 2 heterocycles. The second-order valence-corrected chi connectivity index (χ2v) is 4.49. The van der Waals surface area contributed by atoms with Crippen molar-refractivity contribution in [3.05, 3.63) is 71.8 Å². The molecule has 0 aliphatic carbocycles. The van der Waals surface area contributed by atoms with E-state index in [1.165, 1.54) is 0 Å². The molecule has 0 saturated carbocycles. The van der Waals surface area contributed by atoms with E-state index in [1.807, 2.05) is 49.4 Å². The maximum atomic E-state index is 10.6. The molecule has 0 radical (unpaired) electrons. The lowest BCUT2D eigenvalue weighted by atomic mass is 10.1. The van der Waals surface area contributed by atoms with Crippen molar-refractivity contribution in [3.63, 3.8) is 0 Å². The molecule has 1 N–H and O–H groups in total. The summed E-state index contributed by atoms with van der Waals surface area (Å²) in [6.07, 6.45) is 2.47. The molecule has 1 atom stereocenters. The zero-order valence-corrected chi connectivity index (χ0v) is 11.0. The fourth-order valence-corrected chi connectivity index (χ4v) is 2.14. The number of para-hydroxylation sites is 1. The first-order chi connectivity index (χ1) is 9.77. The lowest BCUT2D eigenvalue weighted by Crippen LogP contribution is -2.10. The van der Waals surface area contributed by atoms with E-state index in [1.54, 1.807) is 17.1 Å². The van der Waals surface area contributed by atoms with Crippen LogP contribution in [0.5, 0.6) is 0 Å². The summed E-state index contributed by atoms with van der Waals surface area (Å²) in [4.78, 5) is 4.20. The largest absolute Gasteiger partial charge is 0.382 e. The molecular weight excluding hydrogens is 252 g/mol. The van der Waals surface area contributed by atoms with Gasteiger partial charge in [0.25, 0.3) is 0 Å². The molecule has 0 amide bonds. The first-order valence-electron chi connectivity index (χ1n) is 6.33. The number of aryl methyl sites for hydroxylation is 1. The van der Waals surface area contributed by atoms with Crippen LogP contribution in [0.4, 0.5) is 0 Å². The summed E-state index contributed by atoms with van der Waals surface area (Å²) < 4.78 is 1.64. The van der Waals surface area contributed by atoms with Crippen LogP contribution in [0.15, 0.2) is 54.9 Å². The zero-order valence-electron chi connectivity index (χ0n) is 11.0. The number of pyridine rings is 1. The van der Waals surface area contributed by atoms with E-state index in [-0.39, 0.29) is 0 Å². The Kier molecular flexibility index (Phi) is 3.26. The third-order valence-corrected chi connectivity index (χ3v) is 3.20. The number of aliphatic hydroxyl groups excluding tert-OH is 1. The molecule has 0 aliphatic rings.